The fourth-order valence-electron chi connectivity index (χ4n) is 1.26. The monoisotopic (exact) mass is 338 g/mol. The molecule has 0 saturated carbocycles. The average Bonchev–Trinajstić information content (AvgIpc) is 2.10. The van der Waals surface area contributed by atoms with Crippen LogP contribution in [0.3, 0.4) is 0 Å². The third kappa shape index (κ3) is 3.52. The molecule has 0 saturated heterocycles. The van der Waals surface area contributed by atoms with Crippen LogP contribution < -0.4 is 4.74 Å². The Bertz CT molecular complexity index is 324. The molecule has 15 heavy (non-hydrogen) atoms. The van der Waals surface area contributed by atoms with Crippen molar-refractivity contribution in [3.05, 3.63) is 26.3 Å². The van der Waals surface area contributed by atoms with Crippen LogP contribution >= 0.6 is 34.2 Å². The van der Waals surface area contributed by atoms with Crippen LogP contribution in [0.15, 0.2) is 12.1 Å². The van der Waals surface area contributed by atoms with Gasteiger partial charge in [0.1, 0.15) is 0 Å². The Morgan fingerprint density at radius 1 is 1.20 bits per heavy atom. The van der Waals surface area contributed by atoms with Gasteiger partial charge in [-0.3, -0.25) is 0 Å². The van der Waals surface area contributed by atoms with Crippen molar-refractivity contribution < 1.29 is 4.74 Å². The molecule has 0 amide bonds. The van der Waals surface area contributed by atoms with E-state index >= 15 is 0 Å². The zero-order chi connectivity index (χ0) is 11.6. The fraction of sp³-hybridized carbons (Fsp3) is 0.500. The van der Waals surface area contributed by atoms with Crippen molar-refractivity contribution in [2.45, 2.75) is 39.7 Å². The van der Waals surface area contributed by atoms with Crippen molar-refractivity contribution in [2.24, 2.45) is 0 Å². The number of hydrogen-bond donors (Lipinski definition) is 0. The standard InChI is InChI=1S/C12H16ClIO/c1-7(2)9-5-10(13)12(11(14)6-9)15-8(3)4/h5-8H,1-4H3. The largest absolute Gasteiger partial charge is 0.488 e. The highest BCUT2D eigenvalue weighted by Gasteiger charge is 2.12. The predicted molar refractivity (Wildman–Crippen MR) is 74.0 cm³/mol. The van der Waals surface area contributed by atoms with Gasteiger partial charge in [-0.25, -0.2) is 0 Å². The van der Waals surface area contributed by atoms with Gasteiger partial charge in [0.05, 0.1) is 14.7 Å². The maximum Gasteiger partial charge on any atom is 0.151 e. The van der Waals surface area contributed by atoms with Gasteiger partial charge in [-0.05, 0) is 60.1 Å². The second kappa shape index (κ2) is 5.39. The van der Waals surface area contributed by atoms with Crippen molar-refractivity contribution in [1.29, 1.82) is 0 Å². The molecule has 0 atom stereocenters. The summed E-state index contributed by atoms with van der Waals surface area (Å²) in [6.07, 6.45) is 0.154. The van der Waals surface area contributed by atoms with Crippen LogP contribution in [0.4, 0.5) is 0 Å². The Kier molecular flexibility index (Phi) is 4.71. The van der Waals surface area contributed by atoms with Gasteiger partial charge >= 0.3 is 0 Å². The molecule has 0 fully saturated rings. The first kappa shape index (κ1) is 13.1. The van der Waals surface area contributed by atoms with E-state index in [0.29, 0.717) is 10.9 Å². The number of hydrogen-bond acceptors (Lipinski definition) is 1. The van der Waals surface area contributed by atoms with E-state index in [1.807, 2.05) is 19.9 Å². The van der Waals surface area contributed by atoms with Crippen LogP contribution in [0, 0.1) is 3.57 Å². The van der Waals surface area contributed by atoms with Crippen LogP contribution in [0.5, 0.6) is 5.75 Å². The second-order valence-corrected chi connectivity index (χ2v) is 5.70. The highest BCUT2D eigenvalue weighted by molar-refractivity contribution is 14.1. The lowest BCUT2D eigenvalue weighted by Gasteiger charge is -2.15. The Balaban J connectivity index is 3.10. The van der Waals surface area contributed by atoms with Gasteiger partial charge in [0.15, 0.2) is 5.75 Å². The minimum Gasteiger partial charge on any atom is -0.488 e. The molecular weight excluding hydrogens is 322 g/mol. The van der Waals surface area contributed by atoms with Gasteiger partial charge in [-0.1, -0.05) is 25.4 Å². The van der Waals surface area contributed by atoms with Gasteiger partial charge in [-0.15, -0.1) is 0 Å². The SMILES string of the molecule is CC(C)Oc1c(Cl)cc(C(C)C)cc1I. The van der Waals surface area contributed by atoms with Crippen molar-refractivity contribution in [2.75, 3.05) is 0 Å². The zero-order valence-electron chi connectivity index (χ0n) is 9.47. The van der Waals surface area contributed by atoms with Gasteiger partial charge < -0.3 is 4.74 Å². The molecule has 1 rings (SSSR count). The van der Waals surface area contributed by atoms with Crippen LogP contribution in [-0.2, 0) is 0 Å². The summed E-state index contributed by atoms with van der Waals surface area (Å²) in [7, 11) is 0. The van der Waals surface area contributed by atoms with E-state index in [-0.39, 0.29) is 6.10 Å². The Morgan fingerprint density at radius 2 is 1.80 bits per heavy atom. The first-order valence-electron chi connectivity index (χ1n) is 5.07. The summed E-state index contributed by atoms with van der Waals surface area (Å²) in [5.41, 5.74) is 1.25. The quantitative estimate of drug-likeness (QED) is 0.716. The lowest BCUT2D eigenvalue weighted by molar-refractivity contribution is 0.240. The third-order valence-corrected chi connectivity index (χ3v) is 3.12. The minimum atomic E-state index is 0.154. The van der Waals surface area contributed by atoms with Crippen molar-refractivity contribution >= 4 is 34.2 Å². The molecule has 84 valence electrons. The second-order valence-electron chi connectivity index (χ2n) is 4.13. The molecule has 0 N–H and O–H groups in total. The van der Waals surface area contributed by atoms with E-state index in [2.05, 4.69) is 42.5 Å². The van der Waals surface area contributed by atoms with Crippen molar-refractivity contribution in [3.8, 4) is 5.75 Å². The fourth-order valence-corrected chi connectivity index (χ4v) is 2.47. The van der Waals surface area contributed by atoms with Gasteiger partial charge in [0.2, 0.25) is 0 Å². The number of benzene rings is 1. The third-order valence-electron chi connectivity index (χ3n) is 2.04. The van der Waals surface area contributed by atoms with Gasteiger partial charge in [0.25, 0.3) is 0 Å². The van der Waals surface area contributed by atoms with Crippen molar-refractivity contribution in [3.63, 3.8) is 0 Å². The normalized spacial score (nSPS) is 11.2. The lowest BCUT2D eigenvalue weighted by Crippen LogP contribution is -2.07. The summed E-state index contributed by atoms with van der Waals surface area (Å²) in [5, 5.41) is 0.708. The molecule has 0 aliphatic heterocycles. The smallest absolute Gasteiger partial charge is 0.151 e. The molecule has 1 aromatic carbocycles. The molecule has 0 bridgehead atoms. The number of rotatable bonds is 3. The van der Waals surface area contributed by atoms with E-state index in [9.17, 15) is 0 Å². The van der Waals surface area contributed by atoms with Crippen LogP contribution in [-0.4, -0.2) is 6.10 Å². The summed E-state index contributed by atoms with van der Waals surface area (Å²) in [6, 6.07) is 4.13. The predicted octanol–water partition coefficient (Wildman–Crippen LogP) is 4.86. The van der Waals surface area contributed by atoms with Crippen LogP contribution in [0.1, 0.15) is 39.2 Å². The maximum atomic E-state index is 6.19. The molecule has 0 spiro atoms. The molecule has 0 aliphatic carbocycles. The molecule has 0 heterocycles. The van der Waals surface area contributed by atoms with E-state index in [1.165, 1.54) is 5.56 Å². The number of halogens is 2. The average molecular weight is 339 g/mol. The Morgan fingerprint density at radius 3 is 2.20 bits per heavy atom. The Labute approximate surface area is 110 Å². The molecule has 0 radical (unpaired) electrons. The molecule has 0 aromatic heterocycles. The highest BCUT2D eigenvalue weighted by atomic mass is 127. The molecule has 1 aromatic rings. The summed E-state index contributed by atoms with van der Waals surface area (Å²) in [5.74, 6) is 1.29. The van der Waals surface area contributed by atoms with E-state index in [0.717, 1.165) is 9.32 Å². The lowest BCUT2D eigenvalue weighted by atomic mass is 10.0. The first-order valence-corrected chi connectivity index (χ1v) is 6.53. The summed E-state index contributed by atoms with van der Waals surface area (Å²) in [4.78, 5) is 0. The molecule has 3 heteroatoms. The molecule has 1 nitrogen and oxygen atoms in total. The summed E-state index contributed by atoms with van der Waals surface area (Å²) < 4.78 is 6.75. The van der Waals surface area contributed by atoms with Gasteiger partial charge in [-0.2, -0.15) is 0 Å². The highest BCUT2D eigenvalue weighted by Crippen LogP contribution is 2.34. The molecule has 0 aliphatic rings. The topological polar surface area (TPSA) is 9.23 Å². The molecule has 0 unspecified atom stereocenters. The minimum absolute atomic E-state index is 0.154. The Hall–Kier alpha value is 0.0400. The van der Waals surface area contributed by atoms with Crippen molar-refractivity contribution in [1.82, 2.24) is 0 Å². The number of ether oxygens (including phenoxy) is 1. The van der Waals surface area contributed by atoms with E-state index in [4.69, 9.17) is 16.3 Å². The van der Waals surface area contributed by atoms with Gasteiger partial charge in [0, 0.05) is 0 Å². The zero-order valence-corrected chi connectivity index (χ0v) is 12.4. The summed E-state index contributed by atoms with van der Waals surface area (Å²) in [6.45, 7) is 8.32. The van der Waals surface area contributed by atoms with E-state index in [1.54, 1.807) is 0 Å². The van der Waals surface area contributed by atoms with E-state index < -0.39 is 0 Å². The van der Waals surface area contributed by atoms with Crippen LogP contribution in [0.2, 0.25) is 5.02 Å². The first-order chi connectivity index (χ1) is 6.91. The summed E-state index contributed by atoms with van der Waals surface area (Å²) >= 11 is 8.46. The van der Waals surface area contributed by atoms with Crippen LogP contribution in [0.25, 0.3) is 0 Å². The maximum absolute atomic E-state index is 6.19. The molecular formula is C12H16ClIO.